The Morgan fingerprint density at radius 2 is 2.31 bits per heavy atom. The predicted octanol–water partition coefficient (Wildman–Crippen LogP) is 2.27. The summed E-state index contributed by atoms with van der Waals surface area (Å²) < 4.78 is 0. The third kappa shape index (κ3) is 5.68. The lowest BCUT2D eigenvalue weighted by Gasteiger charge is -1.87. The molecule has 0 heterocycles. The number of carboxylic acids is 1. The molecule has 0 radical (unpaired) electrons. The van der Waals surface area contributed by atoms with Gasteiger partial charge in [0.1, 0.15) is 11.6 Å². The monoisotopic (exact) mass is 179 g/mol. The Bertz CT molecular complexity index is 259. The number of nitriles is 1. The maximum absolute atomic E-state index is 10.3. The first kappa shape index (κ1) is 11.4. The number of rotatable bonds is 5. The van der Waals surface area contributed by atoms with E-state index in [2.05, 4.69) is 6.92 Å². The highest BCUT2D eigenvalue weighted by atomic mass is 16.4. The molecule has 0 saturated carbocycles. The number of hydrogen-bond acceptors (Lipinski definition) is 2. The van der Waals surface area contributed by atoms with E-state index in [4.69, 9.17) is 10.4 Å². The van der Waals surface area contributed by atoms with Gasteiger partial charge in [-0.15, -0.1) is 0 Å². The summed E-state index contributed by atoms with van der Waals surface area (Å²) in [5.74, 6) is -1.18. The van der Waals surface area contributed by atoms with Crippen LogP contribution >= 0.6 is 0 Å². The Kier molecular flexibility index (Phi) is 6.26. The van der Waals surface area contributed by atoms with E-state index in [1.165, 1.54) is 6.08 Å². The molecule has 0 aromatic carbocycles. The lowest BCUT2D eigenvalue weighted by Crippen LogP contribution is -1.96. The quantitative estimate of drug-likeness (QED) is 0.305. The summed E-state index contributed by atoms with van der Waals surface area (Å²) in [4.78, 5) is 10.3. The molecule has 3 nitrogen and oxygen atoms in total. The zero-order chi connectivity index (χ0) is 10.1. The molecule has 0 rings (SSSR count). The van der Waals surface area contributed by atoms with Gasteiger partial charge in [0, 0.05) is 0 Å². The van der Waals surface area contributed by atoms with Crippen molar-refractivity contribution in [2.45, 2.75) is 26.2 Å². The van der Waals surface area contributed by atoms with E-state index in [1.807, 2.05) is 6.08 Å². The molecule has 0 aliphatic rings. The van der Waals surface area contributed by atoms with Crippen LogP contribution in [-0.4, -0.2) is 11.1 Å². The summed E-state index contributed by atoms with van der Waals surface area (Å²) in [6.45, 7) is 2.08. The zero-order valence-corrected chi connectivity index (χ0v) is 7.66. The number of carbonyl (C=O) groups is 1. The molecule has 0 bridgehead atoms. The largest absolute Gasteiger partial charge is 0.477 e. The fourth-order valence-corrected chi connectivity index (χ4v) is 0.739. The number of aliphatic carboxylic acids is 1. The van der Waals surface area contributed by atoms with Crippen LogP contribution in [-0.2, 0) is 4.79 Å². The van der Waals surface area contributed by atoms with Crippen LogP contribution in [0.3, 0.4) is 0 Å². The number of nitrogens with zero attached hydrogens (tertiary/aromatic N) is 1. The molecule has 0 aliphatic heterocycles. The summed E-state index contributed by atoms with van der Waals surface area (Å²) in [5, 5.41) is 16.8. The predicted molar refractivity (Wildman–Crippen MR) is 50.0 cm³/mol. The standard InChI is InChI=1S/C10H13NO2/c1-2-3-4-5-6-7-9(8-11)10(12)13/h5-7H,2-4H2,1H3,(H,12,13). The Labute approximate surface area is 78.0 Å². The van der Waals surface area contributed by atoms with Gasteiger partial charge in [0.2, 0.25) is 0 Å². The first-order chi connectivity index (χ1) is 6.22. The molecule has 3 heteroatoms. The summed E-state index contributed by atoms with van der Waals surface area (Å²) in [6, 6.07) is 1.60. The van der Waals surface area contributed by atoms with Crippen molar-refractivity contribution in [2.75, 3.05) is 0 Å². The first-order valence-corrected chi connectivity index (χ1v) is 4.22. The second-order valence-electron chi connectivity index (χ2n) is 2.57. The van der Waals surface area contributed by atoms with E-state index in [-0.39, 0.29) is 5.57 Å². The van der Waals surface area contributed by atoms with Gasteiger partial charge in [-0.05, 0) is 12.5 Å². The van der Waals surface area contributed by atoms with Crippen LogP contribution in [0.5, 0.6) is 0 Å². The summed E-state index contributed by atoms with van der Waals surface area (Å²) in [7, 11) is 0. The molecule has 0 fully saturated rings. The maximum atomic E-state index is 10.3. The molecular weight excluding hydrogens is 166 g/mol. The smallest absolute Gasteiger partial charge is 0.346 e. The van der Waals surface area contributed by atoms with Gasteiger partial charge in [-0.1, -0.05) is 31.9 Å². The van der Waals surface area contributed by atoms with Crippen molar-refractivity contribution in [2.24, 2.45) is 0 Å². The molecule has 0 spiro atoms. The normalized spacial score (nSPS) is 11.5. The van der Waals surface area contributed by atoms with Crippen LogP contribution in [0.2, 0.25) is 0 Å². The van der Waals surface area contributed by atoms with Gasteiger partial charge in [-0.2, -0.15) is 5.26 Å². The fraction of sp³-hybridized carbons (Fsp3) is 0.400. The first-order valence-electron chi connectivity index (χ1n) is 4.22. The third-order valence-corrected chi connectivity index (χ3v) is 1.47. The van der Waals surface area contributed by atoms with Gasteiger partial charge in [0.05, 0.1) is 0 Å². The van der Waals surface area contributed by atoms with Crippen molar-refractivity contribution in [3.05, 3.63) is 23.8 Å². The Hall–Kier alpha value is -1.56. The van der Waals surface area contributed by atoms with Crippen LogP contribution in [0.1, 0.15) is 26.2 Å². The van der Waals surface area contributed by atoms with Gasteiger partial charge in [-0.3, -0.25) is 0 Å². The van der Waals surface area contributed by atoms with E-state index >= 15 is 0 Å². The molecule has 0 aromatic rings. The van der Waals surface area contributed by atoms with Crippen LogP contribution in [0, 0.1) is 11.3 Å². The Morgan fingerprint density at radius 3 is 2.77 bits per heavy atom. The molecule has 0 unspecified atom stereocenters. The number of allylic oxidation sites excluding steroid dienone is 3. The molecule has 1 N–H and O–H groups in total. The topological polar surface area (TPSA) is 61.1 Å². The second kappa shape index (κ2) is 7.11. The molecule has 0 saturated heterocycles. The van der Waals surface area contributed by atoms with Crippen LogP contribution in [0.15, 0.2) is 23.8 Å². The third-order valence-electron chi connectivity index (χ3n) is 1.47. The molecule has 70 valence electrons. The van der Waals surface area contributed by atoms with Crippen molar-refractivity contribution in [3.63, 3.8) is 0 Å². The Balaban J connectivity index is 4.01. The molecule has 0 atom stereocenters. The van der Waals surface area contributed by atoms with Crippen LogP contribution < -0.4 is 0 Å². The minimum Gasteiger partial charge on any atom is -0.477 e. The molecular formula is C10H13NO2. The van der Waals surface area contributed by atoms with Gasteiger partial charge in [0.15, 0.2) is 0 Å². The highest BCUT2D eigenvalue weighted by Crippen LogP contribution is 1.97. The van der Waals surface area contributed by atoms with Crippen molar-refractivity contribution < 1.29 is 9.90 Å². The van der Waals surface area contributed by atoms with Crippen molar-refractivity contribution in [1.29, 1.82) is 5.26 Å². The zero-order valence-electron chi connectivity index (χ0n) is 7.66. The summed E-state index contributed by atoms with van der Waals surface area (Å²) in [6.07, 6.45) is 7.91. The van der Waals surface area contributed by atoms with Gasteiger partial charge in [0.25, 0.3) is 0 Å². The number of hydrogen-bond donors (Lipinski definition) is 1. The number of carboxylic acid groups (broad SMARTS) is 1. The average Bonchev–Trinajstić information content (AvgIpc) is 2.10. The highest BCUT2D eigenvalue weighted by molar-refractivity contribution is 5.91. The summed E-state index contributed by atoms with van der Waals surface area (Å²) >= 11 is 0. The van der Waals surface area contributed by atoms with Gasteiger partial charge < -0.3 is 5.11 Å². The second-order valence-corrected chi connectivity index (χ2v) is 2.57. The molecule has 0 aliphatic carbocycles. The van der Waals surface area contributed by atoms with Gasteiger partial charge >= 0.3 is 5.97 Å². The SMILES string of the molecule is CCCCC=CC=C(C#N)C(=O)O. The summed E-state index contributed by atoms with van der Waals surface area (Å²) in [5.41, 5.74) is -0.229. The fourth-order valence-electron chi connectivity index (χ4n) is 0.739. The van der Waals surface area contributed by atoms with Crippen molar-refractivity contribution in [1.82, 2.24) is 0 Å². The van der Waals surface area contributed by atoms with E-state index in [1.54, 1.807) is 12.1 Å². The van der Waals surface area contributed by atoms with Crippen LogP contribution in [0.25, 0.3) is 0 Å². The minimum atomic E-state index is -1.18. The van der Waals surface area contributed by atoms with E-state index in [9.17, 15) is 4.79 Å². The maximum Gasteiger partial charge on any atom is 0.346 e. The number of unbranched alkanes of at least 4 members (excludes halogenated alkanes) is 2. The average molecular weight is 179 g/mol. The van der Waals surface area contributed by atoms with E-state index in [0.717, 1.165) is 19.3 Å². The van der Waals surface area contributed by atoms with Crippen LogP contribution in [0.4, 0.5) is 0 Å². The molecule has 13 heavy (non-hydrogen) atoms. The van der Waals surface area contributed by atoms with Crippen molar-refractivity contribution >= 4 is 5.97 Å². The minimum absolute atomic E-state index is 0.229. The lowest BCUT2D eigenvalue weighted by atomic mass is 10.2. The van der Waals surface area contributed by atoms with Gasteiger partial charge in [-0.25, -0.2) is 4.79 Å². The van der Waals surface area contributed by atoms with E-state index < -0.39 is 5.97 Å². The molecule has 0 aromatic heterocycles. The Morgan fingerprint density at radius 1 is 1.62 bits per heavy atom. The lowest BCUT2D eigenvalue weighted by molar-refractivity contribution is -0.132. The van der Waals surface area contributed by atoms with Crippen molar-refractivity contribution in [3.8, 4) is 6.07 Å². The van der Waals surface area contributed by atoms with E-state index in [0.29, 0.717) is 0 Å². The highest BCUT2D eigenvalue weighted by Gasteiger charge is 2.01. The molecule has 0 amide bonds.